The molecule has 24 nitrogen and oxygen atoms in total. The number of rotatable bonds is 12. The van der Waals surface area contributed by atoms with Gasteiger partial charge in [0.1, 0.15) is 33.3 Å². The van der Waals surface area contributed by atoms with Crippen LogP contribution in [0, 0.1) is 11.2 Å². The summed E-state index contributed by atoms with van der Waals surface area (Å²) < 4.78 is 71.3. The van der Waals surface area contributed by atoms with Crippen molar-refractivity contribution in [1.29, 1.82) is 0 Å². The monoisotopic (exact) mass is 802 g/mol. The number of imidazole rings is 1. The highest BCUT2D eigenvalue weighted by Crippen LogP contribution is 2.66. The molecule has 50 heavy (non-hydrogen) atoms. The summed E-state index contributed by atoms with van der Waals surface area (Å²) in [7, 11) is -12.8. The van der Waals surface area contributed by atoms with E-state index >= 15 is 0 Å². The van der Waals surface area contributed by atoms with Gasteiger partial charge in [-0.2, -0.15) is 13.6 Å². The van der Waals surface area contributed by atoms with E-state index in [2.05, 4.69) is 33.7 Å². The molecule has 5 heterocycles. The van der Waals surface area contributed by atoms with E-state index in [0.717, 1.165) is 18.4 Å². The number of carbonyl (C=O) groups is 2. The molecule has 1 amide bonds. The zero-order valence-corrected chi connectivity index (χ0v) is 29.6. The number of carbonyl (C=O) groups excluding carboxylic acids is 2. The average Bonchev–Trinajstić information content (AvgIpc) is 3.75. The third-order valence-corrected chi connectivity index (χ3v) is 12.0. The maximum absolute atomic E-state index is 13.5. The van der Waals surface area contributed by atoms with Crippen LogP contribution in [0.2, 0.25) is 0 Å². The zero-order chi connectivity index (χ0) is 36.9. The van der Waals surface area contributed by atoms with Crippen molar-refractivity contribution >= 4 is 92.4 Å². The van der Waals surface area contributed by atoms with Gasteiger partial charge in [-0.1, -0.05) is 12.2 Å². The molecule has 2 aliphatic heterocycles. The summed E-state index contributed by atoms with van der Waals surface area (Å²) in [5, 5.41) is 2.79. The van der Waals surface area contributed by atoms with Crippen LogP contribution >= 0.6 is 47.0 Å². The molecule has 0 bridgehead atoms. The average molecular weight is 803 g/mol. The summed E-state index contributed by atoms with van der Waals surface area (Å²) >= 11 is 6.13. The number of nitrogens with two attached hydrogens (primary N) is 1. The SMILES string of the molecule is [C-]#[N+]c1c(N(C)C)sc(C(=O)OC)c1NC(=O)[C@@H]1OC2C(COP(=O)(O)OP(=O)(O)OP(=O)(O)O)OC(n3cnc4c(=S)[nH]c(N)nc43)C2O1. The molecule has 3 aromatic heterocycles. The van der Waals surface area contributed by atoms with Gasteiger partial charge in [0.2, 0.25) is 17.9 Å². The molecule has 0 spiro atoms. The van der Waals surface area contributed by atoms with Crippen molar-refractivity contribution in [3.05, 3.63) is 27.3 Å². The molecule has 6 unspecified atom stereocenters. The predicted octanol–water partition coefficient (Wildman–Crippen LogP) is 1.53. The second-order valence-corrected chi connectivity index (χ2v) is 16.0. The second kappa shape index (κ2) is 14.1. The summed E-state index contributed by atoms with van der Waals surface area (Å²) in [4.78, 5) is 79.0. The van der Waals surface area contributed by atoms with Crippen molar-refractivity contribution < 1.29 is 75.0 Å². The van der Waals surface area contributed by atoms with Crippen LogP contribution in [0.1, 0.15) is 15.9 Å². The van der Waals surface area contributed by atoms with E-state index in [4.69, 9.17) is 57.8 Å². The normalized spacial score (nSPS) is 24.2. The van der Waals surface area contributed by atoms with Crippen molar-refractivity contribution in [1.82, 2.24) is 19.5 Å². The van der Waals surface area contributed by atoms with Crippen molar-refractivity contribution in [2.24, 2.45) is 0 Å². The number of esters is 1. The van der Waals surface area contributed by atoms with Crippen LogP contribution < -0.4 is 16.0 Å². The van der Waals surface area contributed by atoms with E-state index in [9.17, 15) is 33.1 Å². The molecule has 3 aromatic rings. The molecule has 29 heteroatoms. The summed E-state index contributed by atoms with van der Waals surface area (Å²) in [6.07, 6.45) is -5.83. The van der Waals surface area contributed by atoms with Crippen molar-refractivity contribution in [3.8, 4) is 0 Å². The Bertz CT molecular complexity index is 2090. The van der Waals surface area contributed by atoms with E-state index in [0.29, 0.717) is 5.00 Å². The minimum Gasteiger partial charge on any atom is -0.465 e. The Morgan fingerprint density at radius 1 is 1.18 bits per heavy atom. The minimum atomic E-state index is -5.84. The summed E-state index contributed by atoms with van der Waals surface area (Å²) in [6, 6.07) is 0. The van der Waals surface area contributed by atoms with Gasteiger partial charge in [-0.3, -0.25) is 13.9 Å². The predicted molar refractivity (Wildman–Crippen MR) is 169 cm³/mol. The number of amides is 1. The lowest BCUT2D eigenvalue weighted by molar-refractivity contribution is -0.166. The van der Waals surface area contributed by atoms with Crippen LogP contribution in [0.5, 0.6) is 0 Å². The summed E-state index contributed by atoms with van der Waals surface area (Å²) in [5.41, 5.74) is 5.82. The lowest BCUT2D eigenvalue weighted by atomic mass is 10.1. The van der Waals surface area contributed by atoms with Crippen molar-refractivity contribution in [3.63, 3.8) is 0 Å². The number of thiophene rings is 1. The smallest absolute Gasteiger partial charge is 0.465 e. The lowest BCUT2D eigenvalue weighted by Crippen LogP contribution is -2.34. The number of nitrogens with zero attached hydrogens (tertiary/aromatic N) is 5. The number of anilines is 3. The van der Waals surface area contributed by atoms with Gasteiger partial charge in [-0.05, 0) is 0 Å². The van der Waals surface area contributed by atoms with Crippen molar-refractivity contribution in [2.45, 2.75) is 30.8 Å². The van der Waals surface area contributed by atoms with Gasteiger partial charge in [0.25, 0.3) is 5.91 Å². The second-order valence-electron chi connectivity index (χ2n) is 10.2. The zero-order valence-electron chi connectivity index (χ0n) is 25.3. The van der Waals surface area contributed by atoms with Crippen LogP contribution in [0.3, 0.4) is 0 Å². The molecule has 7 atom stereocenters. The van der Waals surface area contributed by atoms with Crippen LogP contribution in [0.15, 0.2) is 6.33 Å². The number of hydrogen-bond donors (Lipinski definition) is 7. The molecule has 272 valence electrons. The molecular weight excluding hydrogens is 777 g/mol. The number of phosphoric acid groups is 3. The Labute approximate surface area is 288 Å². The number of nitrogens with one attached hydrogen (secondary N) is 2. The van der Waals surface area contributed by atoms with Gasteiger partial charge in [0, 0.05) is 14.1 Å². The first-order valence-corrected chi connectivity index (χ1v) is 19.1. The quantitative estimate of drug-likeness (QED) is 0.0591. The standard InChI is InChI=1S/C21H25N8O16P3S2/c1-23-9-8(13(19(31)39-4)50-18(9)28(2)3)25-15(30)20-42-11-7(5-40-47(35,36)45-48(37,38)44-46(32,33)34)41-17(12(11)43-20)29-6-24-10-14(29)26-21(22)27-16(10)49/h6-7,11-12,17,20H,5H2,2-4H3,(H,25,30)(H,35,36)(H,37,38)(H2,32,33,34)(H3,22,26,27,49)/t7?,11?,12?,17?,20-/m1/s1. The number of hydrogen-bond acceptors (Lipinski definition) is 18. The van der Waals surface area contributed by atoms with Gasteiger partial charge in [-0.15, -0.1) is 11.3 Å². The van der Waals surface area contributed by atoms with E-state index < -0.39 is 72.8 Å². The van der Waals surface area contributed by atoms with E-state index in [1.165, 1.54) is 10.9 Å². The topological polar surface area (TPSA) is 323 Å². The molecular formula is C21H25N8O16P3S2. The molecule has 0 radical (unpaired) electrons. The molecule has 0 aliphatic carbocycles. The number of aromatic amines is 1. The Hall–Kier alpha value is -3.21. The number of methoxy groups -OCH3 is 1. The third kappa shape index (κ3) is 7.97. The number of aromatic nitrogens is 4. The molecule has 5 rings (SSSR count). The molecule has 0 saturated carbocycles. The summed E-state index contributed by atoms with van der Waals surface area (Å²) in [6.45, 7) is 6.67. The number of nitrogen functional groups attached to an aromatic ring is 1. The van der Waals surface area contributed by atoms with E-state index in [1.807, 2.05) is 0 Å². The Morgan fingerprint density at radius 2 is 1.86 bits per heavy atom. The maximum Gasteiger partial charge on any atom is 0.490 e. The lowest BCUT2D eigenvalue weighted by Gasteiger charge is -2.22. The van der Waals surface area contributed by atoms with E-state index in [1.54, 1.807) is 19.0 Å². The highest BCUT2D eigenvalue weighted by molar-refractivity contribution is 7.71. The fraction of sp³-hybridized carbons (Fsp3) is 0.429. The first kappa shape index (κ1) is 38.0. The molecule has 2 saturated heterocycles. The Kier molecular flexibility index (Phi) is 10.7. The van der Waals surface area contributed by atoms with Crippen molar-refractivity contribution in [2.75, 3.05) is 43.8 Å². The molecule has 0 aromatic carbocycles. The third-order valence-electron chi connectivity index (χ3n) is 6.61. The Balaban J connectivity index is 1.44. The highest BCUT2D eigenvalue weighted by Gasteiger charge is 2.56. The summed E-state index contributed by atoms with van der Waals surface area (Å²) in [5.74, 6) is -1.94. The largest absolute Gasteiger partial charge is 0.490 e. The number of H-pyrrole nitrogens is 1. The molecule has 2 fully saturated rings. The maximum atomic E-state index is 13.5. The fourth-order valence-electron chi connectivity index (χ4n) is 4.77. The van der Waals surface area contributed by atoms with Gasteiger partial charge >= 0.3 is 29.4 Å². The number of phosphoric ester groups is 1. The van der Waals surface area contributed by atoms with Gasteiger partial charge in [-0.25, -0.2) is 28.3 Å². The number of ether oxygens (including phenoxy) is 4. The van der Waals surface area contributed by atoms with Crippen LogP contribution in [0.25, 0.3) is 16.0 Å². The van der Waals surface area contributed by atoms with Crippen LogP contribution in [-0.4, -0.2) is 103 Å². The Morgan fingerprint density at radius 3 is 2.48 bits per heavy atom. The van der Waals surface area contributed by atoms with Gasteiger partial charge < -0.3 is 59.5 Å². The minimum absolute atomic E-state index is 0.0768. The number of fused-ring (bicyclic) bond motifs is 2. The first-order chi connectivity index (χ1) is 23.2. The van der Waals surface area contributed by atoms with Gasteiger partial charge in [0.15, 0.2) is 11.9 Å². The van der Waals surface area contributed by atoms with Crippen LogP contribution in [-0.2, 0) is 50.6 Å². The van der Waals surface area contributed by atoms with Crippen LogP contribution in [0.4, 0.5) is 22.3 Å². The highest BCUT2D eigenvalue weighted by atomic mass is 32.1. The molecule has 2 aliphatic rings. The first-order valence-electron chi connectivity index (χ1n) is 13.3. The van der Waals surface area contributed by atoms with E-state index in [-0.39, 0.29) is 38.0 Å². The molecule has 8 N–H and O–H groups in total. The van der Waals surface area contributed by atoms with Gasteiger partial charge in [0.05, 0.1) is 37.3 Å². The fourth-order valence-corrected chi connectivity index (χ4v) is 9.08.